The summed E-state index contributed by atoms with van der Waals surface area (Å²) in [6, 6.07) is 2.20. The van der Waals surface area contributed by atoms with Crippen LogP contribution in [-0.4, -0.2) is 32.3 Å². The average molecular weight is 453 g/mol. The van der Waals surface area contributed by atoms with E-state index in [2.05, 4.69) is 26.5 Å². The molecule has 3 rings (SSSR count). The fourth-order valence-corrected chi connectivity index (χ4v) is 3.73. The molecule has 0 saturated heterocycles. The number of ether oxygens (including phenoxy) is 1. The van der Waals surface area contributed by atoms with Crippen molar-refractivity contribution in [1.82, 2.24) is 19.7 Å². The maximum atomic E-state index is 13.5. The number of nitrogens with one attached hydrogen (secondary N) is 1. The lowest BCUT2D eigenvalue weighted by molar-refractivity contribution is -0.0596. The molecule has 1 N–H and O–H groups in total. The van der Waals surface area contributed by atoms with E-state index in [0.29, 0.717) is 43.7 Å². The van der Waals surface area contributed by atoms with E-state index in [4.69, 9.17) is 16.3 Å². The topological polar surface area (TPSA) is 88.7 Å². The summed E-state index contributed by atoms with van der Waals surface area (Å²) in [6.07, 6.45) is 5.52. The molecule has 10 heteroatoms. The molecule has 0 amide bonds. The van der Waals surface area contributed by atoms with Gasteiger partial charge < -0.3 is 10.1 Å². The molecular weight excluding hydrogens is 426 g/mol. The highest BCUT2D eigenvalue weighted by molar-refractivity contribution is 6.31. The van der Waals surface area contributed by atoms with Crippen LogP contribution in [0, 0.1) is 30.1 Å². The van der Waals surface area contributed by atoms with Crippen molar-refractivity contribution in [3.05, 3.63) is 23.1 Å². The van der Waals surface area contributed by atoms with E-state index < -0.39 is 17.4 Å². The van der Waals surface area contributed by atoms with Gasteiger partial charge in [-0.25, -0.2) is 13.8 Å². The lowest BCUT2D eigenvalue weighted by atomic mass is 9.80. The van der Waals surface area contributed by atoms with Gasteiger partial charge in [-0.1, -0.05) is 11.6 Å². The van der Waals surface area contributed by atoms with Crippen molar-refractivity contribution in [3.8, 4) is 11.9 Å². The first kappa shape index (κ1) is 23.2. The number of nitriles is 1. The van der Waals surface area contributed by atoms with Crippen molar-refractivity contribution in [2.24, 2.45) is 11.8 Å². The molecule has 7 nitrogen and oxygen atoms in total. The summed E-state index contributed by atoms with van der Waals surface area (Å²) in [5.41, 5.74) is 0.560. The molecule has 2 aromatic heterocycles. The van der Waals surface area contributed by atoms with Gasteiger partial charge in [-0.15, -0.1) is 0 Å². The standard InChI is InChI=1S/C21H27ClF2N6O/c1-13-17(10-30(29-13)20(2,3)12-25)27-19-26-9-16(22)18(28-19)31-11-14-5-7-15(8-6-14)21(4,23)24/h9-10,14-15H,5-8,11H2,1-4H3,(H,26,27,28). The second-order valence-electron chi connectivity index (χ2n) is 8.70. The maximum Gasteiger partial charge on any atom is 0.248 e. The third-order valence-corrected chi connectivity index (χ3v) is 5.98. The number of rotatable bonds is 7. The second kappa shape index (κ2) is 8.95. The molecule has 168 valence electrons. The first-order chi connectivity index (χ1) is 14.5. The maximum absolute atomic E-state index is 13.5. The van der Waals surface area contributed by atoms with E-state index in [1.54, 1.807) is 24.7 Å². The number of nitrogens with zero attached hydrogens (tertiary/aromatic N) is 5. The minimum Gasteiger partial charge on any atom is -0.476 e. The van der Waals surface area contributed by atoms with Gasteiger partial charge in [-0.2, -0.15) is 15.3 Å². The molecule has 0 aromatic carbocycles. The lowest BCUT2D eigenvalue weighted by Gasteiger charge is -2.31. The lowest BCUT2D eigenvalue weighted by Crippen LogP contribution is -2.30. The normalized spacial score (nSPS) is 19.7. The van der Waals surface area contributed by atoms with Crippen LogP contribution in [0.1, 0.15) is 52.1 Å². The quantitative estimate of drug-likeness (QED) is 0.598. The highest BCUT2D eigenvalue weighted by Crippen LogP contribution is 2.38. The minimum absolute atomic E-state index is 0.190. The summed E-state index contributed by atoms with van der Waals surface area (Å²) >= 11 is 6.18. The third kappa shape index (κ3) is 5.62. The molecule has 1 aliphatic carbocycles. The molecule has 1 saturated carbocycles. The smallest absolute Gasteiger partial charge is 0.248 e. The van der Waals surface area contributed by atoms with Crippen LogP contribution in [0.4, 0.5) is 20.4 Å². The SMILES string of the molecule is Cc1nn(C(C)(C)C#N)cc1Nc1ncc(Cl)c(OCC2CCC(C(C)(F)F)CC2)n1. The summed E-state index contributed by atoms with van der Waals surface area (Å²) in [6.45, 7) is 6.71. The Labute approximate surface area is 185 Å². The molecule has 0 aliphatic heterocycles. The molecule has 0 unspecified atom stereocenters. The van der Waals surface area contributed by atoms with Gasteiger partial charge in [0.25, 0.3) is 0 Å². The van der Waals surface area contributed by atoms with Crippen molar-refractivity contribution >= 4 is 23.2 Å². The van der Waals surface area contributed by atoms with Crippen LogP contribution in [0.5, 0.6) is 5.88 Å². The Morgan fingerprint density at radius 1 is 1.29 bits per heavy atom. The Morgan fingerprint density at radius 2 is 1.97 bits per heavy atom. The Hall–Kier alpha value is -2.47. The van der Waals surface area contributed by atoms with Crippen LogP contribution in [-0.2, 0) is 5.54 Å². The van der Waals surface area contributed by atoms with E-state index in [0.717, 1.165) is 6.92 Å². The van der Waals surface area contributed by atoms with E-state index in [9.17, 15) is 14.0 Å². The zero-order chi connectivity index (χ0) is 22.8. The number of alkyl halides is 2. The van der Waals surface area contributed by atoms with E-state index in [1.165, 1.54) is 6.20 Å². The van der Waals surface area contributed by atoms with Crippen molar-refractivity contribution in [1.29, 1.82) is 5.26 Å². The fraction of sp³-hybridized carbons (Fsp3) is 0.619. The second-order valence-corrected chi connectivity index (χ2v) is 9.11. The van der Waals surface area contributed by atoms with Crippen molar-refractivity contribution in [2.45, 2.75) is 64.8 Å². The number of aromatic nitrogens is 4. The highest BCUT2D eigenvalue weighted by atomic mass is 35.5. The average Bonchev–Trinajstić information content (AvgIpc) is 3.09. The van der Waals surface area contributed by atoms with E-state index in [1.807, 2.05) is 6.92 Å². The van der Waals surface area contributed by atoms with E-state index >= 15 is 0 Å². The Kier molecular flexibility index (Phi) is 6.70. The molecule has 2 aromatic rings. The van der Waals surface area contributed by atoms with Gasteiger partial charge in [-0.3, -0.25) is 4.68 Å². The summed E-state index contributed by atoms with van der Waals surface area (Å²) < 4.78 is 34.4. The Morgan fingerprint density at radius 3 is 2.58 bits per heavy atom. The van der Waals surface area contributed by atoms with Crippen molar-refractivity contribution in [3.63, 3.8) is 0 Å². The predicted molar refractivity (Wildman–Crippen MR) is 114 cm³/mol. The third-order valence-electron chi connectivity index (χ3n) is 5.72. The van der Waals surface area contributed by atoms with Gasteiger partial charge in [0.15, 0.2) is 0 Å². The van der Waals surface area contributed by atoms with Crippen LogP contribution >= 0.6 is 11.6 Å². The molecule has 1 fully saturated rings. The minimum atomic E-state index is -2.63. The van der Waals surface area contributed by atoms with Crippen LogP contribution < -0.4 is 10.1 Å². The molecule has 0 atom stereocenters. The van der Waals surface area contributed by atoms with E-state index in [-0.39, 0.29) is 22.8 Å². The number of hydrogen-bond acceptors (Lipinski definition) is 6. The monoisotopic (exact) mass is 452 g/mol. The summed E-state index contributed by atoms with van der Waals surface area (Å²) in [5, 5.41) is 17.0. The van der Waals surface area contributed by atoms with Gasteiger partial charge in [-0.05, 0) is 59.3 Å². The zero-order valence-corrected chi connectivity index (χ0v) is 18.9. The Bertz CT molecular complexity index is 958. The van der Waals surface area contributed by atoms with Crippen LogP contribution in [0.2, 0.25) is 5.02 Å². The van der Waals surface area contributed by atoms with Gasteiger partial charge in [0.1, 0.15) is 10.6 Å². The molecular formula is C21H27ClF2N6O. The van der Waals surface area contributed by atoms with Crippen LogP contribution in [0.3, 0.4) is 0 Å². The number of hydrogen-bond donors (Lipinski definition) is 1. The summed E-state index contributed by atoms with van der Waals surface area (Å²) in [5.74, 6) is -2.47. The molecule has 0 radical (unpaired) electrons. The van der Waals surface area contributed by atoms with Crippen molar-refractivity contribution in [2.75, 3.05) is 11.9 Å². The van der Waals surface area contributed by atoms with Gasteiger partial charge >= 0.3 is 0 Å². The fourth-order valence-electron chi connectivity index (χ4n) is 3.59. The number of anilines is 2. The zero-order valence-electron chi connectivity index (χ0n) is 18.1. The molecule has 31 heavy (non-hydrogen) atoms. The summed E-state index contributed by atoms with van der Waals surface area (Å²) in [4.78, 5) is 8.52. The molecule has 1 aliphatic rings. The molecule has 0 spiro atoms. The van der Waals surface area contributed by atoms with Gasteiger partial charge in [0.05, 0.1) is 36.5 Å². The first-order valence-electron chi connectivity index (χ1n) is 10.3. The molecule has 0 bridgehead atoms. The van der Waals surface area contributed by atoms with Gasteiger partial charge in [0, 0.05) is 5.92 Å². The van der Waals surface area contributed by atoms with Gasteiger partial charge in [0.2, 0.25) is 17.8 Å². The highest BCUT2D eigenvalue weighted by Gasteiger charge is 2.37. The molecule has 2 heterocycles. The number of aryl methyl sites for hydroxylation is 1. The number of halogens is 3. The first-order valence-corrected chi connectivity index (χ1v) is 10.7. The summed E-state index contributed by atoms with van der Waals surface area (Å²) in [7, 11) is 0. The van der Waals surface area contributed by atoms with Crippen LogP contribution in [0.25, 0.3) is 0 Å². The van der Waals surface area contributed by atoms with Crippen molar-refractivity contribution < 1.29 is 13.5 Å². The largest absolute Gasteiger partial charge is 0.476 e. The Balaban J connectivity index is 1.63. The van der Waals surface area contributed by atoms with Crippen LogP contribution in [0.15, 0.2) is 12.4 Å². The predicted octanol–water partition coefficient (Wildman–Crippen LogP) is 5.48.